The van der Waals surface area contributed by atoms with E-state index in [0.29, 0.717) is 22.9 Å². The average Bonchev–Trinajstić information content (AvgIpc) is 2.41. The molecule has 0 atom stereocenters. The molecule has 0 saturated carbocycles. The summed E-state index contributed by atoms with van der Waals surface area (Å²) >= 11 is 11.8. The summed E-state index contributed by atoms with van der Waals surface area (Å²) < 4.78 is 19.3. The fourth-order valence-electron chi connectivity index (χ4n) is 1.69. The number of hydrogen-bond acceptors (Lipinski definition) is 2. The van der Waals surface area contributed by atoms with Crippen LogP contribution in [0.15, 0.2) is 36.4 Å². The van der Waals surface area contributed by atoms with Gasteiger partial charge in [0.25, 0.3) is 0 Å². The molecular formula is C14H12Cl2FNO. The quantitative estimate of drug-likeness (QED) is 0.919. The molecular weight excluding hydrogens is 288 g/mol. The first-order valence-corrected chi connectivity index (χ1v) is 6.42. The second kappa shape index (κ2) is 6.24. The third kappa shape index (κ3) is 3.18. The molecule has 0 heterocycles. The highest BCUT2D eigenvalue weighted by molar-refractivity contribution is 6.32. The van der Waals surface area contributed by atoms with E-state index in [2.05, 4.69) is 0 Å². The minimum atomic E-state index is -0.481. The van der Waals surface area contributed by atoms with E-state index >= 15 is 0 Å². The Bertz CT molecular complexity index is 590. The van der Waals surface area contributed by atoms with Gasteiger partial charge in [0.2, 0.25) is 0 Å². The topological polar surface area (TPSA) is 35.2 Å². The highest BCUT2D eigenvalue weighted by Gasteiger charge is 2.10. The molecule has 2 aromatic carbocycles. The molecule has 2 N–H and O–H groups in total. The lowest BCUT2D eigenvalue weighted by atomic mass is 10.2. The maximum absolute atomic E-state index is 13.7. The molecule has 0 bridgehead atoms. The van der Waals surface area contributed by atoms with E-state index in [1.54, 1.807) is 24.3 Å². The van der Waals surface area contributed by atoms with Crippen molar-refractivity contribution in [3.63, 3.8) is 0 Å². The first kappa shape index (κ1) is 14.1. The van der Waals surface area contributed by atoms with Crippen LogP contribution in [0.2, 0.25) is 10.0 Å². The lowest BCUT2D eigenvalue weighted by Crippen LogP contribution is -2.04. The van der Waals surface area contributed by atoms with Crippen molar-refractivity contribution >= 4 is 23.2 Å². The van der Waals surface area contributed by atoms with Gasteiger partial charge in [-0.15, -0.1) is 0 Å². The van der Waals surface area contributed by atoms with Crippen molar-refractivity contribution in [2.75, 3.05) is 0 Å². The maximum Gasteiger partial charge on any atom is 0.148 e. The Kier molecular flexibility index (Phi) is 4.64. The Morgan fingerprint density at radius 1 is 1.00 bits per heavy atom. The summed E-state index contributed by atoms with van der Waals surface area (Å²) in [7, 11) is 0. The SMILES string of the molecule is NCc1cccc(Cl)c1OCc1cccc(Cl)c1F. The summed E-state index contributed by atoms with van der Waals surface area (Å²) in [6.07, 6.45) is 0. The second-order valence-corrected chi connectivity index (χ2v) is 4.75. The molecule has 0 aliphatic heterocycles. The number of hydrogen-bond donors (Lipinski definition) is 1. The normalized spacial score (nSPS) is 10.5. The summed E-state index contributed by atoms with van der Waals surface area (Å²) in [5.41, 5.74) is 6.75. The van der Waals surface area contributed by atoms with Crippen LogP contribution < -0.4 is 10.5 Å². The fourth-order valence-corrected chi connectivity index (χ4v) is 2.13. The molecule has 5 heteroatoms. The smallest absolute Gasteiger partial charge is 0.148 e. The van der Waals surface area contributed by atoms with Crippen molar-refractivity contribution in [1.29, 1.82) is 0 Å². The van der Waals surface area contributed by atoms with Crippen LogP contribution in [0, 0.1) is 5.82 Å². The monoisotopic (exact) mass is 299 g/mol. The van der Waals surface area contributed by atoms with Crippen molar-refractivity contribution in [2.24, 2.45) is 5.73 Å². The van der Waals surface area contributed by atoms with Gasteiger partial charge in [0.15, 0.2) is 0 Å². The number of para-hydroxylation sites is 1. The molecule has 0 amide bonds. The molecule has 2 aromatic rings. The third-order valence-corrected chi connectivity index (χ3v) is 3.26. The average molecular weight is 300 g/mol. The number of ether oxygens (including phenoxy) is 1. The standard InChI is InChI=1S/C14H12Cl2FNO/c15-11-5-2-4-10(13(11)17)8-19-14-9(7-18)3-1-6-12(14)16/h1-6H,7-8,18H2. The summed E-state index contributed by atoms with van der Waals surface area (Å²) in [6, 6.07) is 10.1. The second-order valence-electron chi connectivity index (χ2n) is 3.93. The van der Waals surface area contributed by atoms with Crippen LogP contribution in [-0.2, 0) is 13.2 Å². The molecule has 19 heavy (non-hydrogen) atoms. The summed E-state index contributed by atoms with van der Waals surface area (Å²) in [4.78, 5) is 0. The first-order valence-electron chi connectivity index (χ1n) is 5.66. The van der Waals surface area contributed by atoms with Gasteiger partial charge in [-0.1, -0.05) is 47.5 Å². The van der Waals surface area contributed by atoms with E-state index in [-0.39, 0.29) is 11.6 Å². The molecule has 0 aromatic heterocycles. The van der Waals surface area contributed by atoms with Crippen LogP contribution in [-0.4, -0.2) is 0 Å². The van der Waals surface area contributed by atoms with Gasteiger partial charge in [-0.05, 0) is 12.1 Å². The fraction of sp³-hybridized carbons (Fsp3) is 0.143. The number of rotatable bonds is 4. The largest absolute Gasteiger partial charge is 0.487 e. The summed E-state index contributed by atoms with van der Waals surface area (Å²) in [6.45, 7) is 0.344. The van der Waals surface area contributed by atoms with E-state index in [9.17, 15) is 4.39 Å². The molecule has 0 aliphatic rings. The molecule has 2 rings (SSSR count). The maximum atomic E-state index is 13.7. The van der Waals surface area contributed by atoms with Gasteiger partial charge in [-0.25, -0.2) is 4.39 Å². The van der Waals surface area contributed by atoms with Crippen LogP contribution in [0.3, 0.4) is 0 Å². The van der Waals surface area contributed by atoms with Gasteiger partial charge in [0.1, 0.15) is 18.2 Å². The van der Waals surface area contributed by atoms with Crippen molar-refractivity contribution in [2.45, 2.75) is 13.2 Å². The van der Waals surface area contributed by atoms with E-state index in [1.807, 2.05) is 6.07 Å². The number of benzene rings is 2. The van der Waals surface area contributed by atoms with Crippen molar-refractivity contribution in [3.8, 4) is 5.75 Å². The predicted molar refractivity (Wildman–Crippen MR) is 75.1 cm³/mol. The van der Waals surface area contributed by atoms with Crippen LogP contribution in [0.25, 0.3) is 0 Å². The lowest BCUT2D eigenvalue weighted by Gasteiger charge is -2.12. The zero-order valence-electron chi connectivity index (χ0n) is 10.00. The Balaban J connectivity index is 2.21. The third-order valence-electron chi connectivity index (χ3n) is 2.67. The Hall–Kier alpha value is -1.29. The number of halogens is 3. The van der Waals surface area contributed by atoms with Crippen molar-refractivity contribution < 1.29 is 9.13 Å². The van der Waals surface area contributed by atoms with Gasteiger partial charge in [0, 0.05) is 17.7 Å². The Morgan fingerprint density at radius 3 is 2.32 bits per heavy atom. The van der Waals surface area contributed by atoms with Gasteiger partial charge in [-0.3, -0.25) is 0 Å². The number of nitrogens with two attached hydrogens (primary N) is 1. The van der Waals surface area contributed by atoms with E-state index in [4.69, 9.17) is 33.7 Å². The van der Waals surface area contributed by atoms with Gasteiger partial charge in [-0.2, -0.15) is 0 Å². The zero-order chi connectivity index (χ0) is 13.8. The van der Waals surface area contributed by atoms with Crippen LogP contribution in [0.1, 0.15) is 11.1 Å². The molecule has 0 unspecified atom stereocenters. The molecule has 0 saturated heterocycles. The molecule has 100 valence electrons. The molecule has 2 nitrogen and oxygen atoms in total. The molecule has 0 aliphatic carbocycles. The highest BCUT2D eigenvalue weighted by Crippen LogP contribution is 2.29. The molecule has 0 radical (unpaired) electrons. The van der Waals surface area contributed by atoms with Crippen molar-refractivity contribution in [3.05, 3.63) is 63.4 Å². The minimum absolute atomic E-state index is 0.0448. The minimum Gasteiger partial charge on any atom is -0.487 e. The highest BCUT2D eigenvalue weighted by atomic mass is 35.5. The Labute approximate surface area is 120 Å². The molecule has 0 spiro atoms. The Morgan fingerprint density at radius 2 is 1.63 bits per heavy atom. The summed E-state index contributed by atoms with van der Waals surface area (Å²) in [5.74, 6) is -0.00318. The zero-order valence-corrected chi connectivity index (χ0v) is 11.5. The van der Waals surface area contributed by atoms with E-state index in [0.717, 1.165) is 5.56 Å². The van der Waals surface area contributed by atoms with E-state index < -0.39 is 5.82 Å². The summed E-state index contributed by atoms with van der Waals surface area (Å²) in [5, 5.41) is 0.518. The van der Waals surface area contributed by atoms with Crippen LogP contribution >= 0.6 is 23.2 Å². The lowest BCUT2D eigenvalue weighted by molar-refractivity contribution is 0.297. The van der Waals surface area contributed by atoms with Crippen LogP contribution in [0.5, 0.6) is 5.75 Å². The first-order chi connectivity index (χ1) is 9.13. The van der Waals surface area contributed by atoms with Gasteiger partial charge >= 0.3 is 0 Å². The van der Waals surface area contributed by atoms with Gasteiger partial charge < -0.3 is 10.5 Å². The van der Waals surface area contributed by atoms with Crippen molar-refractivity contribution in [1.82, 2.24) is 0 Å². The van der Waals surface area contributed by atoms with Gasteiger partial charge in [0.05, 0.1) is 10.0 Å². The van der Waals surface area contributed by atoms with Crippen LogP contribution in [0.4, 0.5) is 4.39 Å². The molecule has 0 fully saturated rings. The predicted octanol–water partition coefficient (Wildman–Crippen LogP) is 4.17. The van der Waals surface area contributed by atoms with E-state index in [1.165, 1.54) is 6.07 Å².